The van der Waals surface area contributed by atoms with Gasteiger partial charge in [-0.15, -0.1) is 0 Å². The topological polar surface area (TPSA) is 63.3 Å². The number of halogens is 1. The molecule has 0 heterocycles. The second-order valence-corrected chi connectivity index (χ2v) is 3.28. The molecule has 1 aromatic rings. The number of aliphatic hydroxyl groups is 1. The molecular formula is C10H11ClNO2. The van der Waals surface area contributed by atoms with E-state index in [1.54, 1.807) is 18.6 Å². The van der Waals surface area contributed by atoms with Gasteiger partial charge in [-0.1, -0.05) is 17.7 Å². The highest BCUT2D eigenvalue weighted by Crippen LogP contribution is 2.16. The molecule has 1 amide bonds. The third-order valence-corrected chi connectivity index (χ3v) is 2.07. The predicted molar refractivity (Wildman–Crippen MR) is 55.1 cm³/mol. The summed E-state index contributed by atoms with van der Waals surface area (Å²) in [5.74, 6) is -0.506. The van der Waals surface area contributed by atoms with Crippen LogP contribution in [0, 0.1) is 6.42 Å². The van der Waals surface area contributed by atoms with Crippen LogP contribution in [0.3, 0.4) is 0 Å². The highest BCUT2D eigenvalue weighted by atomic mass is 35.5. The summed E-state index contributed by atoms with van der Waals surface area (Å²) < 4.78 is 0. The Balaban J connectivity index is 2.96. The Morgan fingerprint density at radius 1 is 1.57 bits per heavy atom. The van der Waals surface area contributed by atoms with E-state index in [0.29, 0.717) is 17.0 Å². The summed E-state index contributed by atoms with van der Waals surface area (Å²) in [6.45, 7) is -0.0270. The second-order valence-electron chi connectivity index (χ2n) is 2.84. The van der Waals surface area contributed by atoms with Crippen molar-refractivity contribution in [2.24, 2.45) is 5.73 Å². The molecule has 1 aromatic carbocycles. The van der Waals surface area contributed by atoms with Gasteiger partial charge >= 0.3 is 0 Å². The SMILES string of the molecule is NC(=O)c1cc(Cl)ccc1C[CH]CO. The first-order valence-corrected chi connectivity index (χ1v) is 4.53. The minimum Gasteiger partial charge on any atom is -0.396 e. The number of hydrogen-bond donors (Lipinski definition) is 2. The summed E-state index contributed by atoms with van der Waals surface area (Å²) in [6.07, 6.45) is 2.15. The molecule has 0 saturated carbocycles. The van der Waals surface area contributed by atoms with Crippen LogP contribution in [-0.4, -0.2) is 17.6 Å². The van der Waals surface area contributed by atoms with Gasteiger partial charge in [-0.3, -0.25) is 4.79 Å². The maximum Gasteiger partial charge on any atom is 0.249 e. The normalized spacial score (nSPS) is 10.1. The average molecular weight is 213 g/mol. The van der Waals surface area contributed by atoms with Gasteiger partial charge in [0.15, 0.2) is 0 Å². The molecule has 0 saturated heterocycles. The number of rotatable bonds is 4. The van der Waals surface area contributed by atoms with Crippen molar-refractivity contribution in [2.75, 3.05) is 6.61 Å². The van der Waals surface area contributed by atoms with Gasteiger partial charge in [-0.2, -0.15) is 0 Å². The zero-order valence-corrected chi connectivity index (χ0v) is 8.29. The molecule has 0 spiro atoms. The molecular weight excluding hydrogens is 202 g/mol. The number of carbonyl (C=O) groups excluding carboxylic acids is 1. The molecule has 0 unspecified atom stereocenters. The molecule has 3 N–H and O–H groups in total. The van der Waals surface area contributed by atoms with Crippen molar-refractivity contribution >= 4 is 17.5 Å². The van der Waals surface area contributed by atoms with Gasteiger partial charge in [0.1, 0.15) is 0 Å². The lowest BCUT2D eigenvalue weighted by Crippen LogP contribution is -2.14. The molecule has 1 rings (SSSR count). The number of amides is 1. The van der Waals surface area contributed by atoms with E-state index in [1.807, 2.05) is 0 Å². The van der Waals surface area contributed by atoms with Crippen LogP contribution in [0.2, 0.25) is 5.02 Å². The second kappa shape index (κ2) is 4.98. The molecule has 0 fully saturated rings. The number of nitrogens with two attached hydrogens (primary N) is 1. The quantitative estimate of drug-likeness (QED) is 0.787. The van der Waals surface area contributed by atoms with Crippen molar-refractivity contribution in [3.05, 3.63) is 40.8 Å². The lowest BCUT2D eigenvalue weighted by atomic mass is 10.0. The van der Waals surface area contributed by atoms with E-state index < -0.39 is 5.91 Å². The van der Waals surface area contributed by atoms with Gasteiger partial charge in [0.2, 0.25) is 5.91 Å². The maximum atomic E-state index is 11.0. The highest BCUT2D eigenvalue weighted by molar-refractivity contribution is 6.31. The first-order valence-electron chi connectivity index (χ1n) is 4.16. The Labute approximate surface area is 87.5 Å². The van der Waals surface area contributed by atoms with Gasteiger partial charge in [0.25, 0.3) is 0 Å². The lowest BCUT2D eigenvalue weighted by Gasteiger charge is -2.05. The zero-order valence-electron chi connectivity index (χ0n) is 7.53. The largest absolute Gasteiger partial charge is 0.396 e. The molecule has 3 nitrogen and oxygen atoms in total. The Hall–Kier alpha value is -1.06. The van der Waals surface area contributed by atoms with Crippen LogP contribution in [0.1, 0.15) is 15.9 Å². The highest BCUT2D eigenvalue weighted by Gasteiger charge is 2.08. The fourth-order valence-electron chi connectivity index (χ4n) is 1.18. The third kappa shape index (κ3) is 2.72. The number of primary amides is 1. The zero-order chi connectivity index (χ0) is 10.6. The van der Waals surface area contributed by atoms with Gasteiger partial charge in [-0.05, 0) is 30.5 Å². The molecule has 0 aliphatic heterocycles. The Morgan fingerprint density at radius 3 is 2.86 bits per heavy atom. The Bertz CT molecular complexity index is 339. The van der Waals surface area contributed by atoms with E-state index in [0.717, 1.165) is 5.56 Å². The molecule has 0 aromatic heterocycles. The van der Waals surface area contributed by atoms with Crippen LogP contribution in [0.5, 0.6) is 0 Å². The van der Waals surface area contributed by atoms with E-state index in [-0.39, 0.29) is 6.61 Å². The summed E-state index contributed by atoms with van der Waals surface area (Å²) in [6, 6.07) is 4.95. The van der Waals surface area contributed by atoms with Crippen LogP contribution in [-0.2, 0) is 6.42 Å². The number of carbonyl (C=O) groups is 1. The summed E-state index contributed by atoms with van der Waals surface area (Å²) in [4.78, 5) is 11.0. The van der Waals surface area contributed by atoms with Crippen molar-refractivity contribution in [1.29, 1.82) is 0 Å². The fraction of sp³-hybridized carbons (Fsp3) is 0.200. The first-order chi connectivity index (χ1) is 6.65. The van der Waals surface area contributed by atoms with Crippen LogP contribution in [0.25, 0.3) is 0 Å². The Morgan fingerprint density at radius 2 is 2.29 bits per heavy atom. The van der Waals surface area contributed by atoms with Crippen molar-refractivity contribution < 1.29 is 9.90 Å². The molecule has 0 aliphatic rings. The van der Waals surface area contributed by atoms with E-state index >= 15 is 0 Å². The predicted octanol–water partition coefficient (Wildman–Crippen LogP) is 1.18. The van der Waals surface area contributed by atoms with Crippen molar-refractivity contribution in [1.82, 2.24) is 0 Å². The molecule has 0 aliphatic carbocycles. The molecule has 14 heavy (non-hydrogen) atoms. The molecule has 1 radical (unpaired) electrons. The maximum absolute atomic E-state index is 11.0. The summed E-state index contributed by atoms with van der Waals surface area (Å²) >= 11 is 5.73. The van der Waals surface area contributed by atoms with Crippen LogP contribution >= 0.6 is 11.6 Å². The minimum atomic E-state index is -0.506. The van der Waals surface area contributed by atoms with Crippen molar-refractivity contribution in [2.45, 2.75) is 6.42 Å². The van der Waals surface area contributed by atoms with Gasteiger partial charge in [-0.25, -0.2) is 0 Å². The summed E-state index contributed by atoms with van der Waals surface area (Å²) in [5.41, 5.74) is 6.36. The summed E-state index contributed by atoms with van der Waals surface area (Å²) in [5, 5.41) is 9.09. The Kier molecular flexibility index (Phi) is 3.92. The number of hydrogen-bond acceptors (Lipinski definition) is 2. The molecule has 0 atom stereocenters. The van der Waals surface area contributed by atoms with Crippen molar-refractivity contribution in [3.8, 4) is 0 Å². The number of benzene rings is 1. The van der Waals surface area contributed by atoms with Gasteiger partial charge in [0, 0.05) is 17.2 Å². The third-order valence-electron chi connectivity index (χ3n) is 1.83. The average Bonchev–Trinajstić information content (AvgIpc) is 2.15. The number of aliphatic hydroxyl groups excluding tert-OH is 1. The van der Waals surface area contributed by atoms with Crippen LogP contribution in [0.15, 0.2) is 18.2 Å². The van der Waals surface area contributed by atoms with E-state index in [9.17, 15) is 4.79 Å². The minimum absolute atomic E-state index is 0.0270. The summed E-state index contributed by atoms with van der Waals surface area (Å²) in [7, 11) is 0. The standard InChI is InChI=1S/C10H11ClNO2/c11-8-4-3-7(2-1-5-13)9(6-8)10(12)14/h1,3-4,6,13H,2,5H2,(H2,12,14). The van der Waals surface area contributed by atoms with Crippen molar-refractivity contribution in [3.63, 3.8) is 0 Å². The monoisotopic (exact) mass is 212 g/mol. The molecule has 75 valence electrons. The first kappa shape index (κ1) is 11.0. The molecule has 0 bridgehead atoms. The van der Waals surface area contributed by atoms with E-state index in [1.165, 1.54) is 6.07 Å². The smallest absolute Gasteiger partial charge is 0.249 e. The molecule has 4 heteroatoms. The fourth-order valence-corrected chi connectivity index (χ4v) is 1.35. The van der Waals surface area contributed by atoms with Crippen LogP contribution < -0.4 is 5.73 Å². The van der Waals surface area contributed by atoms with E-state index in [2.05, 4.69) is 0 Å². The van der Waals surface area contributed by atoms with Crippen LogP contribution in [0.4, 0.5) is 0 Å². The van der Waals surface area contributed by atoms with Gasteiger partial charge < -0.3 is 10.8 Å². The lowest BCUT2D eigenvalue weighted by molar-refractivity contribution is 0.0999. The van der Waals surface area contributed by atoms with Gasteiger partial charge in [0.05, 0.1) is 0 Å². The van der Waals surface area contributed by atoms with E-state index in [4.69, 9.17) is 22.4 Å².